The Morgan fingerprint density at radius 1 is 1.06 bits per heavy atom. The Balaban J connectivity index is 0.00000512. The van der Waals surface area contributed by atoms with E-state index in [0.29, 0.717) is 38.5 Å². The number of unbranched alkanes of at least 4 members (excludes halogenated alkanes) is 1. The van der Waals surface area contributed by atoms with Gasteiger partial charge in [-0.25, -0.2) is 0 Å². The third-order valence-corrected chi connectivity index (χ3v) is 6.24. The molecule has 1 aromatic rings. The zero-order valence-electron chi connectivity index (χ0n) is 18.5. The van der Waals surface area contributed by atoms with Crippen LogP contribution < -0.4 is 5.73 Å². The first-order valence-electron chi connectivity index (χ1n) is 10.8. The molecule has 1 heterocycles. The number of likely N-dealkylation sites (tertiary alicyclic amines) is 1. The summed E-state index contributed by atoms with van der Waals surface area (Å²) in [6.07, 6.45) is 0.0483. The number of carboxylic acids is 1. The topological polar surface area (TPSA) is 107 Å². The van der Waals surface area contributed by atoms with Gasteiger partial charge in [-0.2, -0.15) is 13.2 Å². The van der Waals surface area contributed by atoms with E-state index in [4.69, 9.17) is 15.8 Å². The predicted octanol–water partition coefficient (Wildman–Crippen LogP) is 3.62. The van der Waals surface area contributed by atoms with Crippen molar-refractivity contribution in [2.45, 2.75) is 63.0 Å². The van der Waals surface area contributed by atoms with Crippen LogP contribution >= 0.6 is 24.8 Å². The summed E-state index contributed by atoms with van der Waals surface area (Å²) in [5.41, 5.74) is 5.18. The fourth-order valence-corrected chi connectivity index (χ4v) is 4.27. The van der Waals surface area contributed by atoms with Crippen molar-refractivity contribution in [2.75, 3.05) is 19.6 Å². The van der Waals surface area contributed by atoms with Crippen molar-refractivity contribution in [3.05, 3.63) is 35.4 Å². The average Bonchev–Trinajstić information content (AvgIpc) is 2.71. The summed E-state index contributed by atoms with van der Waals surface area (Å²) in [4.78, 5) is 14.1. The van der Waals surface area contributed by atoms with Crippen molar-refractivity contribution in [3.8, 4) is 0 Å². The van der Waals surface area contributed by atoms with Gasteiger partial charge in [0.1, 0.15) is 5.54 Å². The first-order chi connectivity index (χ1) is 14.5. The van der Waals surface area contributed by atoms with Crippen LogP contribution in [-0.2, 0) is 17.4 Å². The minimum atomic E-state index is -4.32. The van der Waals surface area contributed by atoms with Gasteiger partial charge in [0, 0.05) is 0 Å². The maximum absolute atomic E-state index is 12.6. The molecule has 33 heavy (non-hydrogen) atoms. The van der Waals surface area contributed by atoms with E-state index in [-0.39, 0.29) is 37.1 Å². The second-order valence-corrected chi connectivity index (χ2v) is 8.49. The van der Waals surface area contributed by atoms with Crippen LogP contribution in [0, 0.1) is 5.92 Å². The standard InChI is InChI=1S/C21H32BF3N2O4.2ClH/c23-21(24,25)18-7-5-16(6-8-18)4-3-13-27-14-9-17(10-15-27)20(26,19(28)29)11-1-2-12-22(30)31;;/h5-8,17,30-31H,1-4,9-15,26H2,(H,28,29);2*1H. The summed E-state index contributed by atoms with van der Waals surface area (Å²) >= 11 is 0. The molecule has 1 atom stereocenters. The number of nitrogens with two attached hydrogens (primary N) is 1. The lowest BCUT2D eigenvalue weighted by atomic mass is 9.74. The van der Waals surface area contributed by atoms with Crippen LogP contribution in [0.4, 0.5) is 13.2 Å². The number of piperidine rings is 1. The van der Waals surface area contributed by atoms with E-state index in [9.17, 15) is 23.1 Å². The number of aliphatic carboxylic acids is 1. The van der Waals surface area contributed by atoms with Gasteiger partial charge in [0.25, 0.3) is 0 Å². The van der Waals surface area contributed by atoms with E-state index in [2.05, 4.69) is 4.90 Å². The summed E-state index contributed by atoms with van der Waals surface area (Å²) < 4.78 is 37.9. The van der Waals surface area contributed by atoms with Gasteiger partial charge >= 0.3 is 19.3 Å². The number of carboxylic acid groups (broad SMARTS) is 1. The van der Waals surface area contributed by atoms with Crippen LogP contribution in [0.2, 0.25) is 6.32 Å². The third-order valence-electron chi connectivity index (χ3n) is 6.24. The van der Waals surface area contributed by atoms with E-state index in [1.165, 1.54) is 12.1 Å². The lowest BCUT2D eigenvalue weighted by molar-refractivity contribution is -0.147. The molecule has 1 aromatic carbocycles. The number of hydrogen-bond donors (Lipinski definition) is 4. The minimum absolute atomic E-state index is 0. The molecule has 0 bridgehead atoms. The second-order valence-electron chi connectivity index (χ2n) is 8.49. The largest absolute Gasteiger partial charge is 0.480 e. The molecule has 0 radical (unpaired) electrons. The van der Waals surface area contributed by atoms with Gasteiger partial charge < -0.3 is 25.8 Å². The maximum Gasteiger partial charge on any atom is 0.451 e. The Hall–Kier alpha value is -1.04. The molecule has 1 unspecified atom stereocenters. The van der Waals surface area contributed by atoms with Crippen LogP contribution in [0.25, 0.3) is 0 Å². The first kappa shape index (κ1) is 32.0. The zero-order valence-corrected chi connectivity index (χ0v) is 20.1. The minimum Gasteiger partial charge on any atom is -0.480 e. The summed E-state index contributed by atoms with van der Waals surface area (Å²) in [7, 11) is -1.39. The molecule has 1 aliphatic heterocycles. The van der Waals surface area contributed by atoms with Gasteiger partial charge in [0.15, 0.2) is 0 Å². The average molecular weight is 517 g/mol. The van der Waals surface area contributed by atoms with Crippen LogP contribution in [0.3, 0.4) is 0 Å². The van der Waals surface area contributed by atoms with Crippen molar-refractivity contribution in [3.63, 3.8) is 0 Å². The fourth-order valence-electron chi connectivity index (χ4n) is 4.27. The highest BCUT2D eigenvalue weighted by atomic mass is 35.5. The van der Waals surface area contributed by atoms with Crippen molar-refractivity contribution in [1.82, 2.24) is 4.90 Å². The zero-order chi connectivity index (χ0) is 23.1. The van der Waals surface area contributed by atoms with Crippen molar-refractivity contribution in [2.24, 2.45) is 11.7 Å². The quantitative estimate of drug-likeness (QED) is 0.264. The Kier molecular flexibility index (Phi) is 13.9. The lowest BCUT2D eigenvalue weighted by Gasteiger charge is -2.40. The number of aryl methyl sites for hydroxylation is 1. The van der Waals surface area contributed by atoms with Crippen LogP contribution in [0.15, 0.2) is 24.3 Å². The van der Waals surface area contributed by atoms with Gasteiger partial charge in [-0.3, -0.25) is 4.79 Å². The maximum atomic E-state index is 12.6. The van der Waals surface area contributed by atoms with Crippen LogP contribution in [0.5, 0.6) is 0 Å². The molecule has 0 aliphatic carbocycles. The summed E-state index contributed by atoms with van der Waals surface area (Å²) in [6.45, 7) is 2.27. The number of halogens is 5. The number of alkyl halides is 3. The molecule has 0 saturated carbocycles. The molecule has 5 N–H and O–H groups in total. The second kappa shape index (κ2) is 14.4. The number of rotatable bonds is 11. The number of nitrogens with zero attached hydrogens (tertiary/aromatic N) is 1. The summed E-state index contributed by atoms with van der Waals surface area (Å²) in [5, 5.41) is 27.5. The molecule has 1 saturated heterocycles. The van der Waals surface area contributed by atoms with Gasteiger partial charge in [-0.15, -0.1) is 24.8 Å². The highest BCUT2D eigenvalue weighted by molar-refractivity contribution is 6.40. The smallest absolute Gasteiger partial charge is 0.451 e. The normalized spacial score (nSPS) is 16.9. The van der Waals surface area contributed by atoms with Crippen LogP contribution in [-0.4, -0.2) is 58.3 Å². The Morgan fingerprint density at radius 3 is 2.12 bits per heavy atom. The van der Waals surface area contributed by atoms with Crippen molar-refractivity contribution >= 4 is 37.9 Å². The number of hydrogen-bond acceptors (Lipinski definition) is 5. The Morgan fingerprint density at radius 2 is 1.64 bits per heavy atom. The lowest BCUT2D eigenvalue weighted by Crippen LogP contribution is -2.57. The molecule has 0 aromatic heterocycles. The molecule has 190 valence electrons. The molecule has 2 rings (SSSR count). The van der Waals surface area contributed by atoms with E-state index >= 15 is 0 Å². The molecule has 6 nitrogen and oxygen atoms in total. The van der Waals surface area contributed by atoms with Gasteiger partial charge in [-0.1, -0.05) is 25.0 Å². The monoisotopic (exact) mass is 516 g/mol. The third kappa shape index (κ3) is 10.0. The van der Waals surface area contributed by atoms with Crippen molar-refractivity contribution in [1.29, 1.82) is 0 Å². The molecule has 0 spiro atoms. The molecule has 1 aliphatic rings. The molecule has 12 heteroatoms. The van der Waals surface area contributed by atoms with Gasteiger partial charge in [-0.05, 0) is 81.7 Å². The fraction of sp³-hybridized carbons (Fsp3) is 0.667. The predicted molar refractivity (Wildman–Crippen MR) is 127 cm³/mol. The molecule has 0 amide bonds. The molecule has 1 fully saturated rings. The van der Waals surface area contributed by atoms with E-state index in [1.54, 1.807) is 0 Å². The van der Waals surface area contributed by atoms with Gasteiger partial charge in [0.05, 0.1) is 5.56 Å². The highest BCUT2D eigenvalue weighted by Crippen LogP contribution is 2.32. The van der Waals surface area contributed by atoms with Gasteiger partial charge in [0.2, 0.25) is 0 Å². The summed E-state index contributed by atoms with van der Waals surface area (Å²) in [6, 6.07) is 5.24. The number of benzene rings is 1. The first-order valence-corrected chi connectivity index (χ1v) is 10.8. The molecular formula is C21H34BCl2F3N2O4. The highest BCUT2D eigenvalue weighted by Gasteiger charge is 2.42. The number of carbonyl (C=O) groups is 1. The van der Waals surface area contributed by atoms with Crippen LogP contribution in [0.1, 0.15) is 49.7 Å². The Bertz CT molecular complexity index is 706. The van der Waals surface area contributed by atoms with E-state index in [1.807, 2.05) is 0 Å². The van der Waals surface area contributed by atoms with E-state index < -0.39 is 30.4 Å². The van der Waals surface area contributed by atoms with E-state index in [0.717, 1.165) is 43.8 Å². The molecular weight excluding hydrogens is 483 g/mol. The SMILES string of the molecule is Cl.Cl.NC(CCCCB(O)O)(C(=O)O)C1CCN(CCCc2ccc(C(F)(F)F)cc2)CC1. The summed E-state index contributed by atoms with van der Waals surface area (Å²) in [5.74, 6) is -1.16. The van der Waals surface area contributed by atoms with Crippen molar-refractivity contribution < 1.29 is 33.1 Å². The Labute approximate surface area is 205 Å².